The Morgan fingerprint density at radius 3 is 2.46 bits per heavy atom. The normalized spacial score (nSPS) is 11.8. The third-order valence-corrected chi connectivity index (χ3v) is 1.89. The maximum absolute atomic E-state index is 10.4. The van der Waals surface area contributed by atoms with E-state index in [4.69, 9.17) is 0 Å². The first kappa shape index (κ1) is 11.8. The van der Waals surface area contributed by atoms with Gasteiger partial charge in [-0.1, -0.05) is 0 Å². The Hall–Kier alpha value is -1.25. The van der Waals surface area contributed by atoms with Crippen LogP contribution in [0.2, 0.25) is 0 Å². The Kier molecular flexibility index (Phi) is 5.68. The molecule has 0 aromatic carbocycles. The van der Waals surface area contributed by atoms with Gasteiger partial charge in [-0.15, -0.1) is 0 Å². The first-order chi connectivity index (χ1) is 6.11. The van der Waals surface area contributed by atoms with E-state index in [1.165, 1.54) is 4.90 Å². The second kappa shape index (κ2) is 6.29. The second-order valence-corrected chi connectivity index (χ2v) is 2.94. The number of nitrogens with zero attached hydrogens (tertiary/aromatic N) is 2. The molecule has 0 N–H and O–H groups in total. The molecule has 0 fully saturated rings. The van der Waals surface area contributed by atoms with E-state index in [1.54, 1.807) is 7.05 Å². The summed E-state index contributed by atoms with van der Waals surface area (Å²) in [5.74, 6) is 0. The first-order valence-electron chi connectivity index (χ1n) is 4.35. The van der Waals surface area contributed by atoms with Gasteiger partial charge in [0.25, 0.3) is 0 Å². The molecule has 0 radical (unpaired) electrons. The topological polar surface area (TPSA) is 23.6 Å². The lowest BCUT2D eigenvalue weighted by atomic mass is 10.4. The van der Waals surface area contributed by atoms with E-state index in [2.05, 4.69) is 11.8 Å². The Morgan fingerprint density at radius 1 is 1.38 bits per heavy atom. The summed E-state index contributed by atoms with van der Waals surface area (Å²) in [4.78, 5) is 13.9. The van der Waals surface area contributed by atoms with E-state index >= 15 is 0 Å². The highest BCUT2D eigenvalue weighted by Crippen LogP contribution is 1.96. The van der Waals surface area contributed by atoms with Crippen molar-refractivity contribution in [2.75, 3.05) is 20.6 Å². The van der Waals surface area contributed by atoms with Gasteiger partial charge < -0.3 is 9.80 Å². The highest BCUT2D eigenvalue weighted by Gasteiger charge is 1.92. The van der Waals surface area contributed by atoms with Crippen LogP contribution in [0, 0.1) is 0 Å². The lowest BCUT2D eigenvalue weighted by Crippen LogP contribution is -2.12. The molecule has 0 unspecified atom stereocenters. The molecule has 74 valence electrons. The second-order valence-electron chi connectivity index (χ2n) is 2.94. The minimum absolute atomic E-state index is 0.795. The molecule has 0 saturated heterocycles. The smallest absolute Gasteiger partial charge is 0.213 e. The van der Waals surface area contributed by atoms with Gasteiger partial charge in [0.2, 0.25) is 6.41 Å². The molecule has 0 rings (SSSR count). The van der Waals surface area contributed by atoms with Crippen LogP contribution in [-0.4, -0.2) is 36.9 Å². The van der Waals surface area contributed by atoms with E-state index in [0.717, 1.165) is 18.7 Å². The van der Waals surface area contributed by atoms with E-state index in [0.29, 0.717) is 0 Å². The molecule has 0 aromatic rings. The van der Waals surface area contributed by atoms with Crippen molar-refractivity contribution in [3.63, 3.8) is 0 Å². The molecule has 13 heavy (non-hydrogen) atoms. The van der Waals surface area contributed by atoms with Crippen LogP contribution in [0.25, 0.3) is 0 Å². The number of allylic oxidation sites excluding steroid dienone is 3. The van der Waals surface area contributed by atoms with Gasteiger partial charge in [0.05, 0.1) is 0 Å². The van der Waals surface area contributed by atoms with Crippen LogP contribution in [0.4, 0.5) is 0 Å². The largest absolute Gasteiger partial charge is 0.381 e. The molecule has 0 aromatic heterocycles. The number of rotatable bonds is 5. The summed E-state index contributed by atoms with van der Waals surface area (Å²) in [5.41, 5.74) is 0.927. The third kappa shape index (κ3) is 5.06. The molecule has 0 aliphatic rings. The fourth-order valence-corrected chi connectivity index (χ4v) is 0.635. The average Bonchev–Trinajstić information content (AvgIpc) is 2.15. The Morgan fingerprint density at radius 2 is 2.00 bits per heavy atom. The molecule has 0 aliphatic heterocycles. The summed E-state index contributed by atoms with van der Waals surface area (Å²) >= 11 is 0. The highest BCUT2D eigenvalue weighted by molar-refractivity contribution is 5.50. The summed E-state index contributed by atoms with van der Waals surface area (Å²) < 4.78 is 0. The van der Waals surface area contributed by atoms with Crippen LogP contribution >= 0.6 is 0 Å². The molecule has 3 heteroatoms. The molecule has 0 aliphatic carbocycles. The van der Waals surface area contributed by atoms with E-state index in [1.807, 2.05) is 32.3 Å². The lowest BCUT2D eigenvalue weighted by Gasteiger charge is -2.10. The maximum Gasteiger partial charge on any atom is 0.213 e. The Bertz CT molecular complexity index is 209. The van der Waals surface area contributed by atoms with E-state index in [9.17, 15) is 4.79 Å². The number of carbonyl (C=O) groups is 1. The minimum atomic E-state index is 0.795. The Labute approximate surface area is 80.3 Å². The molecular weight excluding hydrogens is 164 g/mol. The average molecular weight is 182 g/mol. The standard InChI is InChI=1S/C10H18N2O/c1-5-11(3)8-6-7-10(2)12(4)9-13/h6-9H,5H2,1-4H3/b8-6+,10-7-. The summed E-state index contributed by atoms with van der Waals surface area (Å²) in [6.45, 7) is 4.95. The van der Waals surface area contributed by atoms with Crippen LogP contribution in [0.5, 0.6) is 0 Å². The van der Waals surface area contributed by atoms with Crippen LogP contribution in [0.1, 0.15) is 13.8 Å². The number of hydrogen-bond acceptors (Lipinski definition) is 2. The van der Waals surface area contributed by atoms with Gasteiger partial charge in [0.1, 0.15) is 0 Å². The van der Waals surface area contributed by atoms with E-state index < -0.39 is 0 Å². The molecule has 1 amide bonds. The minimum Gasteiger partial charge on any atom is -0.381 e. The number of amides is 1. The van der Waals surface area contributed by atoms with Gasteiger partial charge in [0.15, 0.2) is 0 Å². The predicted molar refractivity (Wildman–Crippen MR) is 55.0 cm³/mol. The SMILES string of the molecule is CCN(C)/C=C/C=C(/C)N(C)C=O. The first-order valence-corrected chi connectivity index (χ1v) is 4.35. The zero-order chi connectivity index (χ0) is 10.3. The zero-order valence-corrected chi connectivity index (χ0v) is 8.82. The van der Waals surface area contributed by atoms with Gasteiger partial charge in [-0.3, -0.25) is 4.79 Å². The predicted octanol–water partition coefficient (Wildman–Crippen LogP) is 1.44. The monoisotopic (exact) mass is 182 g/mol. The van der Waals surface area contributed by atoms with Gasteiger partial charge in [0, 0.05) is 26.3 Å². The van der Waals surface area contributed by atoms with Gasteiger partial charge >= 0.3 is 0 Å². The van der Waals surface area contributed by atoms with Crippen molar-refractivity contribution in [3.05, 3.63) is 24.0 Å². The number of carbonyl (C=O) groups excluding carboxylic acids is 1. The molecule has 0 bridgehead atoms. The maximum atomic E-state index is 10.4. The summed E-state index contributed by atoms with van der Waals surface area (Å²) in [5, 5.41) is 0. The van der Waals surface area contributed by atoms with Crippen molar-refractivity contribution < 1.29 is 4.79 Å². The summed E-state index contributed by atoms with van der Waals surface area (Å²) in [6.07, 6.45) is 6.60. The van der Waals surface area contributed by atoms with Crippen molar-refractivity contribution >= 4 is 6.41 Å². The zero-order valence-electron chi connectivity index (χ0n) is 8.82. The Balaban J connectivity index is 4.09. The van der Waals surface area contributed by atoms with Crippen LogP contribution < -0.4 is 0 Å². The van der Waals surface area contributed by atoms with Gasteiger partial charge in [-0.2, -0.15) is 0 Å². The summed E-state index contributed by atoms with van der Waals surface area (Å²) in [7, 11) is 3.74. The van der Waals surface area contributed by atoms with Crippen LogP contribution in [0.15, 0.2) is 24.0 Å². The van der Waals surface area contributed by atoms with Crippen molar-refractivity contribution in [3.8, 4) is 0 Å². The molecule has 3 nitrogen and oxygen atoms in total. The van der Waals surface area contributed by atoms with Crippen molar-refractivity contribution in [1.29, 1.82) is 0 Å². The van der Waals surface area contributed by atoms with Crippen molar-refractivity contribution in [1.82, 2.24) is 9.80 Å². The highest BCUT2D eigenvalue weighted by atomic mass is 16.1. The number of hydrogen-bond donors (Lipinski definition) is 0. The van der Waals surface area contributed by atoms with E-state index in [-0.39, 0.29) is 0 Å². The van der Waals surface area contributed by atoms with Crippen LogP contribution in [-0.2, 0) is 4.79 Å². The molecule has 0 spiro atoms. The lowest BCUT2D eigenvalue weighted by molar-refractivity contribution is -0.115. The fourth-order valence-electron chi connectivity index (χ4n) is 0.635. The van der Waals surface area contributed by atoms with Gasteiger partial charge in [-0.25, -0.2) is 0 Å². The fraction of sp³-hybridized carbons (Fsp3) is 0.500. The molecular formula is C10H18N2O. The molecule has 0 saturated carbocycles. The third-order valence-electron chi connectivity index (χ3n) is 1.89. The summed E-state index contributed by atoms with van der Waals surface area (Å²) in [6, 6.07) is 0. The molecule has 0 atom stereocenters. The van der Waals surface area contributed by atoms with Crippen LogP contribution in [0.3, 0.4) is 0 Å². The van der Waals surface area contributed by atoms with Crippen molar-refractivity contribution in [2.45, 2.75) is 13.8 Å². The molecule has 0 heterocycles. The van der Waals surface area contributed by atoms with Gasteiger partial charge in [-0.05, 0) is 32.2 Å². The quantitative estimate of drug-likeness (QED) is 0.474. The van der Waals surface area contributed by atoms with Crippen molar-refractivity contribution in [2.24, 2.45) is 0 Å².